The minimum absolute atomic E-state index is 0.336. The highest BCUT2D eigenvalue weighted by Gasteiger charge is 2.28. The molecule has 3 aliphatic rings. The minimum atomic E-state index is 0.336. The number of nitrogen functional groups attached to an aromatic ring is 1. The van der Waals surface area contributed by atoms with Gasteiger partial charge in [-0.25, -0.2) is 15.0 Å². The van der Waals surface area contributed by atoms with Crippen LogP contribution >= 0.6 is 0 Å². The van der Waals surface area contributed by atoms with Crippen LogP contribution < -0.4 is 11.1 Å². The number of rotatable bonds is 6. The normalized spacial score (nSPS) is 21.0. The maximum absolute atomic E-state index is 6.27. The molecule has 0 aromatic carbocycles. The maximum Gasteiger partial charge on any atom is 0.151 e. The van der Waals surface area contributed by atoms with E-state index in [1.165, 1.54) is 0 Å². The third-order valence-electron chi connectivity index (χ3n) is 8.19. The first-order valence-corrected chi connectivity index (χ1v) is 13.8. The number of likely N-dealkylation sites (tertiary alicyclic amines) is 1. The van der Waals surface area contributed by atoms with E-state index in [1.54, 1.807) is 0 Å². The molecule has 3 aliphatic heterocycles. The van der Waals surface area contributed by atoms with Crippen LogP contribution in [0.2, 0.25) is 0 Å². The van der Waals surface area contributed by atoms with Gasteiger partial charge in [0.05, 0.1) is 17.9 Å². The van der Waals surface area contributed by atoms with Crippen LogP contribution in [-0.4, -0.2) is 81.2 Å². The molecule has 3 saturated heterocycles. The van der Waals surface area contributed by atoms with E-state index in [9.17, 15) is 0 Å². The van der Waals surface area contributed by atoms with Crippen LogP contribution in [0.15, 0.2) is 18.6 Å². The maximum atomic E-state index is 6.27. The predicted molar refractivity (Wildman–Crippen MR) is 143 cm³/mol. The number of piperidine rings is 1. The van der Waals surface area contributed by atoms with E-state index in [-0.39, 0.29) is 0 Å². The van der Waals surface area contributed by atoms with Crippen LogP contribution in [0, 0.1) is 0 Å². The summed E-state index contributed by atoms with van der Waals surface area (Å²) in [5.41, 5.74) is 10.5. The number of hydrogen-bond donors (Lipinski definition) is 2. The van der Waals surface area contributed by atoms with E-state index in [0.29, 0.717) is 29.5 Å². The standard InChI is InChI=1S/C27H38N8O2/c1-2-23-27(31-19-5-11-36-12-6-19)33-24-22(16-29-26(28)25(24)32-23)18-15-30-35(17-18)21-3-9-34(10-4-21)20-7-13-37-14-8-20/h15-17,19-21H,2-14H2,1H3,(H2,28,29)(H,31,33). The number of fused-ring (bicyclic) bond motifs is 1. The molecule has 0 spiro atoms. The van der Waals surface area contributed by atoms with Crippen molar-refractivity contribution < 1.29 is 9.47 Å². The smallest absolute Gasteiger partial charge is 0.151 e. The fourth-order valence-electron chi connectivity index (χ4n) is 5.94. The highest BCUT2D eigenvalue weighted by atomic mass is 16.5. The van der Waals surface area contributed by atoms with Crippen LogP contribution in [0.5, 0.6) is 0 Å². The summed E-state index contributed by atoms with van der Waals surface area (Å²) in [5, 5.41) is 8.40. The number of nitrogens with zero attached hydrogens (tertiary/aromatic N) is 6. The van der Waals surface area contributed by atoms with Gasteiger partial charge in [-0.15, -0.1) is 0 Å². The zero-order valence-electron chi connectivity index (χ0n) is 21.7. The van der Waals surface area contributed by atoms with Crippen molar-refractivity contribution in [3.05, 3.63) is 24.3 Å². The van der Waals surface area contributed by atoms with Gasteiger partial charge in [0.1, 0.15) is 16.9 Å². The lowest BCUT2D eigenvalue weighted by Crippen LogP contribution is -2.44. The van der Waals surface area contributed by atoms with Gasteiger partial charge in [0.15, 0.2) is 5.82 Å². The second-order valence-electron chi connectivity index (χ2n) is 10.5. The molecule has 0 unspecified atom stereocenters. The van der Waals surface area contributed by atoms with Crippen molar-refractivity contribution in [3.8, 4) is 11.1 Å². The molecule has 6 heterocycles. The minimum Gasteiger partial charge on any atom is -0.382 e. The molecule has 10 nitrogen and oxygen atoms in total. The number of ether oxygens (including phenoxy) is 2. The first kappa shape index (κ1) is 24.5. The molecule has 0 amide bonds. The third kappa shape index (κ3) is 5.15. The zero-order valence-corrected chi connectivity index (χ0v) is 21.7. The SMILES string of the molecule is CCc1nc2c(N)ncc(-c3cnn(C4CCN(C5CCOCC5)CC4)c3)c2nc1NC1CCOCC1. The highest BCUT2D eigenvalue weighted by molar-refractivity contribution is 5.96. The van der Waals surface area contributed by atoms with Gasteiger partial charge in [0.25, 0.3) is 0 Å². The van der Waals surface area contributed by atoms with Gasteiger partial charge in [-0.2, -0.15) is 5.10 Å². The monoisotopic (exact) mass is 506 g/mol. The van der Waals surface area contributed by atoms with Crippen molar-refractivity contribution in [2.24, 2.45) is 0 Å². The van der Waals surface area contributed by atoms with E-state index in [0.717, 1.165) is 113 Å². The van der Waals surface area contributed by atoms with Crippen molar-refractivity contribution in [2.45, 2.75) is 70.0 Å². The third-order valence-corrected chi connectivity index (χ3v) is 8.19. The van der Waals surface area contributed by atoms with Gasteiger partial charge in [0.2, 0.25) is 0 Å². The van der Waals surface area contributed by atoms with E-state index in [2.05, 4.69) is 33.0 Å². The lowest BCUT2D eigenvalue weighted by Gasteiger charge is -2.39. The molecule has 3 aromatic rings. The number of nitrogens with one attached hydrogen (secondary N) is 1. The Kier molecular flexibility index (Phi) is 7.21. The molecule has 6 rings (SSSR count). The van der Waals surface area contributed by atoms with Crippen molar-refractivity contribution in [1.29, 1.82) is 0 Å². The van der Waals surface area contributed by atoms with Crippen molar-refractivity contribution >= 4 is 22.7 Å². The molecule has 3 N–H and O–H groups in total. The van der Waals surface area contributed by atoms with Gasteiger partial charge in [-0.1, -0.05) is 6.92 Å². The second kappa shape index (κ2) is 10.9. The molecule has 0 bridgehead atoms. The predicted octanol–water partition coefficient (Wildman–Crippen LogP) is 3.44. The van der Waals surface area contributed by atoms with Gasteiger partial charge >= 0.3 is 0 Å². The highest BCUT2D eigenvalue weighted by Crippen LogP contribution is 2.33. The lowest BCUT2D eigenvalue weighted by atomic mass is 10.00. The summed E-state index contributed by atoms with van der Waals surface area (Å²) < 4.78 is 13.2. The summed E-state index contributed by atoms with van der Waals surface area (Å²) in [7, 11) is 0. The second-order valence-corrected chi connectivity index (χ2v) is 10.5. The molecule has 0 saturated carbocycles. The Balaban J connectivity index is 1.24. The number of nitrogens with two attached hydrogens (primary N) is 1. The number of pyridine rings is 1. The van der Waals surface area contributed by atoms with E-state index in [4.69, 9.17) is 30.3 Å². The van der Waals surface area contributed by atoms with Crippen molar-refractivity contribution in [3.63, 3.8) is 0 Å². The fourth-order valence-corrected chi connectivity index (χ4v) is 5.94. The largest absolute Gasteiger partial charge is 0.382 e. The number of aryl methyl sites for hydroxylation is 1. The topological polar surface area (TPSA) is 116 Å². The van der Waals surface area contributed by atoms with Gasteiger partial charge in [-0.05, 0) is 44.9 Å². The average Bonchev–Trinajstić information content (AvgIpc) is 3.44. The van der Waals surface area contributed by atoms with Crippen LogP contribution in [0.4, 0.5) is 11.6 Å². The molecular formula is C27H38N8O2. The average molecular weight is 507 g/mol. The molecule has 0 aliphatic carbocycles. The molecule has 3 fully saturated rings. The Morgan fingerprint density at radius 1 is 0.919 bits per heavy atom. The summed E-state index contributed by atoms with van der Waals surface area (Å²) >= 11 is 0. The van der Waals surface area contributed by atoms with Crippen molar-refractivity contribution in [1.82, 2.24) is 29.6 Å². The van der Waals surface area contributed by atoms with Crippen LogP contribution in [-0.2, 0) is 15.9 Å². The van der Waals surface area contributed by atoms with Crippen LogP contribution in [0.25, 0.3) is 22.2 Å². The lowest BCUT2D eigenvalue weighted by molar-refractivity contribution is 0.0212. The molecule has 0 atom stereocenters. The molecule has 37 heavy (non-hydrogen) atoms. The molecule has 0 radical (unpaired) electrons. The van der Waals surface area contributed by atoms with Gasteiger partial charge < -0.3 is 25.4 Å². The quantitative estimate of drug-likeness (QED) is 0.518. The number of anilines is 2. The molecule has 10 heteroatoms. The molecule has 198 valence electrons. The Morgan fingerprint density at radius 2 is 1.65 bits per heavy atom. The number of hydrogen-bond acceptors (Lipinski definition) is 9. The van der Waals surface area contributed by atoms with Crippen molar-refractivity contribution in [2.75, 3.05) is 50.6 Å². The summed E-state index contributed by atoms with van der Waals surface area (Å²) in [4.78, 5) is 17.1. The van der Waals surface area contributed by atoms with E-state index < -0.39 is 0 Å². The van der Waals surface area contributed by atoms with Crippen LogP contribution in [0.1, 0.15) is 57.2 Å². The van der Waals surface area contributed by atoms with Crippen LogP contribution in [0.3, 0.4) is 0 Å². The summed E-state index contributed by atoms with van der Waals surface area (Å²) in [6.07, 6.45) is 13.1. The Hall–Kier alpha value is -2.82. The zero-order chi connectivity index (χ0) is 25.2. The fraction of sp³-hybridized carbons (Fsp3) is 0.630. The molecule has 3 aromatic heterocycles. The van der Waals surface area contributed by atoms with Gasteiger partial charge in [-0.3, -0.25) is 4.68 Å². The Bertz CT molecular complexity index is 1210. The number of aromatic nitrogens is 5. The van der Waals surface area contributed by atoms with E-state index >= 15 is 0 Å². The van der Waals surface area contributed by atoms with E-state index in [1.807, 2.05) is 12.4 Å². The first-order valence-electron chi connectivity index (χ1n) is 13.8. The Labute approximate surface area is 217 Å². The molecular weight excluding hydrogens is 468 g/mol. The summed E-state index contributed by atoms with van der Waals surface area (Å²) in [6.45, 7) is 7.66. The summed E-state index contributed by atoms with van der Waals surface area (Å²) in [6, 6.07) is 1.41. The van der Waals surface area contributed by atoms with Gasteiger partial charge in [0, 0.05) is 75.1 Å². The Morgan fingerprint density at radius 3 is 2.38 bits per heavy atom. The first-order chi connectivity index (χ1) is 18.2. The summed E-state index contributed by atoms with van der Waals surface area (Å²) in [5.74, 6) is 1.24.